The van der Waals surface area contributed by atoms with Crippen molar-refractivity contribution < 1.29 is 48.6 Å². The van der Waals surface area contributed by atoms with Crippen molar-refractivity contribution in [3.05, 3.63) is 48.3 Å². The molecule has 10 nitrogen and oxygen atoms in total. The van der Waals surface area contributed by atoms with Crippen LogP contribution in [0.25, 0.3) is 28.6 Å². The number of carboxylic acid groups (broad SMARTS) is 1. The van der Waals surface area contributed by atoms with Crippen LogP contribution in [0.15, 0.2) is 41.3 Å². The van der Waals surface area contributed by atoms with Crippen molar-refractivity contribution in [1.29, 1.82) is 0 Å². The zero-order valence-corrected chi connectivity index (χ0v) is 16.3. The summed E-state index contributed by atoms with van der Waals surface area (Å²) in [5.74, 6) is -2.91. The van der Waals surface area contributed by atoms with Crippen LogP contribution in [0.2, 0.25) is 0 Å². The third-order valence-electron chi connectivity index (χ3n) is 4.96. The Labute approximate surface area is 179 Å². The number of aromatic nitrogens is 1. The Hall–Kier alpha value is -3.51. The van der Waals surface area contributed by atoms with Gasteiger partial charge in [0.1, 0.15) is 29.6 Å². The molecule has 0 amide bonds. The second-order valence-electron chi connectivity index (χ2n) is 7.10. The summed E-state index contributed by atoms with van der Waals surface area (Å²) in [5.41, 5.74) is 1.40. The molecule has 4 rings (SSSR count). The highest BCUT2D eigenvalue weighted by molar-refractivity contribution is 5.86. The molecule has 0 spiro atoms. The fourth-order valence-corrected chi connectivity index (χ4v) is 3.32. The average Bonchev–Trinajstić information content (AvgIpc) is 3.18. The van der Waals surface area contributed by atoms with Crippen molar-refractivity contribution in [2.45, 2.75) is 30.7 Å². The Bertz CT molecular complexity index is 1190. The fourth-order valence-electron chi connectivity index (χ4n) is 3.32. The molecule has 1 aliphatic heterocycles. The van der Waals surface area contributed by atoms with E-state index < -0.39 is 48.2 Å². The van der Waals surface area contributed by atoms with Gasteiger partial charge in [-0.15, -0.1) is 0 Å². The molecule has 5 N–H and O–H groups in total. The normalized spacial score (nSPS) is 25.6. The van der Waals surface area contributed by atoms with E-state index in [1.165, 1.54) is 30.3 Å². The number of hydrogen-bond donors (Lipinski definition) is 5. The van der Waals surface area contributed by atoms with E-state index in [1.54, 1.807) is 0 Å². The molecule has 0 aliphatic carbocycles. The van der Waals surface area contributed by atoms with Crippen molar-refractivity contribution in [1.82, 2.24) is 4.98 Å². The Balaban J connectivity index is 1.61. The Morgan fingerprint density at radius 2 is 1.91 bits per heavy atom. The van der Waals surface area contributed by atoms with Crippen LogP contribution in [0.4, 0.5) is 4.39 Å². The van der Waals surface area contributed by atoms with Crippen molar-refractivity contribution in [3.63, 3.8) is 0 Å². The van der Waals surface area contributed by atoms with Gasteiger partial charge in [-0.05, 0) is 24.3 Å². The second-order valence-corrected chi connectivity index (χ2v) is 7.10. The van der Waals surface area contributed by atoms with Gasteiger partial charge in [0.25, 0.3) is 0 Å². The second kappa shape index (κ2) is 8.20. The molecule has 0 unspecified atom stereocenters. The smallest absolute Gasteiger partial charge is 0.335 e. The quantitative estimate of drug-likeness (QED) is 0.385. The largest absolute Gasteiger partial charge is 0.508 e. The maximum Gasteiger partial charge on any atom is 0.335 e. The molecule has 0 bridgehead atoms. The Morgan fingerprint density at radius 3 is 2.56 bits per heavy atom. The SMILES string of the molecule is C=Cc1cc(O)cc2nc(-c3ccc(O[C@@H]4O[C@H](C(=O)O)[C@@H](O)[C@H](O)[C@H]4O)c(F)c3)oc12. The summed E-state index contributed by atoms with van der Waals surface area (Å²) >= 11 is 0. The summed E-state index contributed by atoms with van der Waals surface area (Å²) in [6.45, 7) is 3.64. The number of aromatic hydroxyl groups is 1. The number of oxazole rings is 1. The fraction of sp³-hybridized carbons (Fsp3) is 0.238. The van der Waals surface area contributed by atoms with Crippen LogP contribution in [0.5, 0.6) is 11.5 Å². The summed E-state index contributed by atoms with van der Waals surface area (Å²) < 4.78 is 30.6. The van der Waals surface area contributed by atoms with Gasteiger partial charge >= 0.3 is 5.97 Å². The number of ether oxygens (including phenoxy) is 2. The molecule has 1 fully saturated rings. The first-order valence-electron chi connectivity index (χ1n) is 9.34. The predicted molar refractivity (Wildman–Crippen MR) is 106 cm³/mol. The third kappa shape index (κ3) is 3.78. The molecule has 1 aromatic heterocycles. The van der Waals surface area contributed by atoms with Gasteiger partial charge < -0.3 is 39.4 Å². The number of nitrogens with zero attached hydrogens (tertiary/aromatic N) is 1. The van der Waals surface area contributed by atoms with Crippen molar-refractivity contribution >= 4 is 23.1 Å². The molecule has 11 heteroatoms. The molecule has 1 aliphatic rings. The van der Waals surface area contributed by atoms with Crippen molar-refractivity contribution in [2.24, 2.45) is 0 Å². The number of fused-ring (bicyclic) bond motifs is 1. The molecule has 2 aromatic carbocycles. The minimum absolute atomic E-state index is 0.0415. The molecule has 0 saturated carbocycles. The summed E-state index contributed by atoms with van der Waals surface area (Å²) in [6.07, 6.45) is -7.77. The lowest BCUT2D eigenvalue weighted by molar-refractivity contribution is -0.271. The van der Waals surface area contributed by atoms with E-state index in [-0.39, 0.29) is 17.2 Å². The van der Waals surface area contributed by atoms with Crippen LogP contribution in [-0.4, -0.2) is 67.2 Å². The average molecular weight is 447 g/mol. The van der Waals surface area contributed by atoms with Gasteiger partial charge in [0, 0.05) is 17.2 Å². The number of carbonyl (C=O) groups is 1. The van der Waals surface area contributed by atoms with Crippen LogP contribution < -0.4 is 4.74 Å². The number of halogens is 1. The minimum Gasteiger partial charge on any atom is -0.508 e. The van der Waals surface area contributed by atoms with Gasteiger partial charge in [0.15, 0.2) is 23.3 Å². The van der Waals surface area contributed by atoms with Gasteiger partial charge in [-0.3, -0.25) is 0 Å². The summed E-state index contributed by atoms with van der Waals surface area (Å²) in [5, 5.41) is 48.4. The van der Waals surface area contributed by atoms with Gasteiger partial charge in [0.05, 0.1) is 0 Å². The Morgan fingerprint density at radius 1 is 1.16 bits per heavy atom. The van der Waals surface area contributed by atoms with E-state index >= 15 is 0 Å². The summed E-state index contributed by atoms with van der Waals surface area (Å²) in [4.78, 5) is 15.4. The lowest BCUT2D eigenvalue weighted by Gasteiger charge is -2.38. The van der Waals surface area contributed by atoms with Crippen LogP contribution in [0, 0.1) is 5.82 Å². The van der Waals surface area contributed by atoms with E-state index in [1.807, 2.05) is 0 Å². The zero-order valence-electron chi connectivity index (χ0n) is 16.3. The molecular weight excluding hydrogens is 429 g/mol. The lowest BCUT2D eigenvalue weighted by Crippen LogP contribution is -2.61. The number of benzene rings is 2. The zero-order chi connectivity index (χ0) is 23.2. The minimum atomic E-state index is -1.89. The van der Waals surface area contributed by atoms with E-state index in [2.05, 4.69) is 11.6 Å². The van der Waals surface area contributed by atoms with Gasteiger partial charge in [-0.25, -0.2) is 14.2 Å². The molecule has 1 saturated heterocycles. The topological polar surface area (TPSA) is 163 Å². The number of phenols is 1. The Kier molecular flexibility index (Phi) is 5.57. The number of aliphatic hydroxyl groups is 3. The van der Waals surface area contributed by atoms with E-state index in [9.17, 15) is 29.6 Å². The highest BCUT2D eigenvalue weighted by atomic mass is 19.1. The maximum absolute atomic E-state index is 14.7. The van der Waals surface area contributed by atoms with Crippen LogP contribution in [0.1, 0.15) is 5.56 Å². The number of rotatable bonds is 5. The van der Waals surface area contributed by atoms with E-state index in [4.69, 9.17) is 19.0 Å². The molecule has 2 heterocycles. The van der Waals surface area contributed by atoms with Crippen LogP contribution in [0.3, 0.4) is 0 Å². The highest BCUT2D eigenvalue weighted by Crippen LogP contribution is 2.33. The summed E-state index contributed by atoms with van der Waals surface area (Å²) in [6, 6.07) is 6.42. The number of carboxylic acids is 1. The van der Waals surface area contributed by atoms with Gasteiger partial charge in [0.2, 0.25) is 12.2 Å². The monoisotopic (exact) mass is 447 g/mol. The van der Waals surface area contributed by atoms with Gasteiger partial charge in [-0.1, -0.05) is 12.7 Å². The third-order valence-corrected chi connectivity index (χ3v) is 4.96. The van der Waals surface area contributed by atoms with Crippen LogP contribution >= 0.6 is 0 Å². The molecule has 3 aromatic rings. The number of phenolic OH excluding ortho intramolecular Hbond substituents is 1. The maximum atomic E-state index is 14.7. The lowest BCUT2D eigenvalue weighted by atomic mass is 9.99. The molecule has 32 heavy (non-hydrogen) atoms. The first-order valence-corrected chi connectivity index (χ1v) is 9.34. The van der Waals surface area contributed by atoms with Crippen molar-refractivity contribution in [2.75, 3.05) is 0 Å². The van der Waals surface area contributed by atoms with Crippen molar-refractivity contribution in [3.8, 4) is 23.0 Å². The standard InChI is InChI=1S/C21H18FNO9/c1-2-8-5-10(24)7-12-17(8)31-19(23-12)9-3-4-13(11(22)6-9)30-21-16(27)14(25)15(26)18(32-21)20(28)29/h2-7,14-16,18,21,24-27H,1H2,(H,28,29)/t14-,15-,16+,18-,21+/m0/s1. The molecule has 168 valence electrons. The summed E-state index contributed by atoms with van der Waals surface area (Å²) in [7, 11) is 0. The predicted octanol–water partition coefficient (Wildman–Crippen LogP) is 1.25. The first kappa shape index (κ1) is 21.7. The number of aliphatic carboxylic acids is 1. The first-order chi connectivity index (χ1) is 15.2. The molecular formula is C21H18FNO9. The van der Waals surface area contributed by atoms with E-state index in [0.717, 1.165) is 6.07 Å². The van der Waals surface area contributed by atoms with Gasteiger partial charge in [-0.2, -0.15) is 0 Å². The molecule has 5 atom stereocenters. The van der Waals surface area contributed by atoms with E-state index in [0.29, 0.717) is 16.7 Å². The van der Waals surface area contributed by atoms with Crippen LogP contribution in [-0.2, 0) is 9.53 Å². The number of aliphatic hydroxyl groups excluding tert-OH is 3. The molecule has 0 radical (unpaired) electrons. The number of hydrogen-bond acceptors (Lipinski definition) is 9. The highest BCUT2D eigenvalue weighted by Gasteiger charge is 2.48.